The number of aliphatic imine (C=N–C) groups is 1. The molecule has 2 aromatic rings. The molecule has 2 aliphatic heterocycles. The molecule has 9 heteroatoms. The lowest BCUT2D eigenvalue weighted by atomic mass is 10.2. The lowest BCUT2D eigenvalue weighted by molar-refractivity contribution is -0.121. The lowest BCUT2D eigenvalue weighted by Crippen LogP contribution is -2.36. The zero-order chi connectivity index (χ0) is 24.8. The van der Waals surface area contributed by atoms with E-state index < -0.39 is 0 Å². The van der Waals surface area contributed by atoms with Crippen molar-refractivity contribution in [2.24, 2.45) is 4.99 Å². The van der Waals surface area contributed by atoms with E-state index in [0.29, 0.717) is 28.2 Å². The highest BCUT2D eigenvalue weighted by Crippen LogP contribution is 2.38. The highest BCUT2D eigenvalue weighted by Gasteiger charge is 2.30. The molecule has 2 saturated heterocycles. The molecule has 0 spiro atoms. The minimum absolute atomic E-state index is 0.115. The van der Waals surface area contributed by atoms with E-state index in [1.54, 1.807) is 18.0 Å². The number of rotatable bonds is 7. The fourth-order valence-corrected chi connectivity index (χ4v) is 5.04. The molecule has 35 heavy (non-hydrogen) atoms. The molecule has 182 valence electrons. The first kappa shape index (κ1) is 25.2. The van der Waals surface area contributed by atoms with Gasteiger partial charge in [0.25, 0.3) is 5.91 Å². The van der Waals surface area contributed by atoms with Crippen LogP contribution in [0.3, 0.4) is 0 Å². The summed E-state index contributed by atoms with van der Waals surface area (Å²) in [6.45, 7) is 5.75. The van der Waals surface area contributed by atoms with Crippen LogP contribution in [0.2, 0.25) is 0 Å². The van der Waals surface area contributed by atoms with Crippen LogP contribution in [0.4, 0.5) is 11.4 Å². The molecular weight excluding hydrogens is 530 g/mol. The Hall–Kier alpha value is -2.93. The number of amides is 1. The maximum Gasteiger partial charge on any atom is 0.266 e. The largest absolute Gasteiger partial charge is 0.490 e. The fourth-order valence-electron chi connectivity index (χ4n) is 3.62. The number of hydrogen-bond acceptors (Lipinski definition) is 7. The second-order valence-electron chi connectivity index (χ2n) is 7.73. The van der Waals surface area contributed by atoms with Crippen molar-refractivity contribution in [1.29, 1.82) is 0 Å². The van der Waals surface area contributed by atoms with Gasteiger partial charge in [-0.05, 0) is 66.7 Å². The summed E-state index contributed by atoms with van der Waals surface area (Å²) in [7, 11) is 1.73. The first-order valence-electron chi connectivity index (χ1n) is 11.2. The summed E-state index contributed by atoms with van der Waals surface area (Å²) in [4.78, 5) is 22.1. The number of nitrogens with zero attached hydrogens (tertiary/aromatic N) is 3. The van der Waals surface area contributed by atoms with E-state index in [9.17, 15) is 4.79 Å². The number of thioether (sulfide) groups is 1. The average Bonchev–Trinajstić information content (AvgIpc) is 3.13. The zero-order valence-corrected chi connectivity index (χ0v) is 22.0. The molecule has 0 aromatic heterocycles. The van der Waals surface area contributed by atoms with Crippen LogP contribution in [-0.2, 0) is 9.53 Å². The predicted octanol–water partition coefficient (Wildman–Crippen LogP) is 4.93. The minimum Gasteiger partial charge on any atom is -0.490 e. The molecule has 0 atom stereocenters. The summed E-state index contributed by atoms with van der Waals surface area (Å²) in [5, 5.41) is 0.621. The molecule has 0 N–H and O–H groups in total. The van der Waals surface area contributed by atoms with Gasteiger partial charge in [-0.2, -0.15) is 0 Å². The highest BCUT2D eigenvalue weighted by molar-refractivity contribution is 9.10. The van der Waals surface area contributed by atoms with Crippen LogP contribution in [0, 0.1) is 12.3 Å². The molecule has 2 aliphatic rings. The molecule has 2 fully saturated rings. The Labute approximate surface area is 218 Å². The summed E-state index contributed by atoms with van der Waals surface area (Å²) in [6, 6.07) is 11.7. The highest BCUT2D eigenvalue weighted by atomic mass is 79.9. The van der Waals surface area contributed by atoms with Gasteiger partial charge >= 0.3 is 0 Å². The molecule has 2 heterocycles. The quantitative estimate of drug-likeness (QED) is 0.356. The Morgan fingerprint density at radius 2 is 1.91 bits per heavy atom. The molecule has 7 nitrogen and oxygen atoms in total. The van der Waals surface area contributed by atoms with Crippen LogP contribution >= 0.6 is 27.7 Å². The van der Waals surface area contributed by atoms with Crippen molar-refractivity contribution in [1.82, 2.24) is 4.90 Å². The van der Waals surface area contributed by atoms with E-state index >= 15 is 0 Å². The molecule has 1 amide bonds. The minimum atomic E-state index is -0.115. The van der Waals surface area contributed by atoms with Gasteiger partial charge < -0.3 is 19.1 Å². The second kappa shape index (κ2) is 11.7. The van der Waals surface area contributed by atoms with E-state index in [1.807, 2.05) is 31.2 Å². The predicted molar refractivity (Wildman–Crippen MR) is 145 cm³/mol. The van der Waals surface area contributed by atoms with Gasteiger partial charge in [0.2, 0.25) is 0 Å². The Morgan fingerprint density at radius 3 is 2.60 bits per heavy atom. The fraction of sp³-hybridized carbons (Fsp3) is 0.308. The summed E-state index contributed by atoms with van der Waals surface area (Å²) < 4.78 is 17.5. The Morgan fingerprint density at radius 1 is 1.20 bits per heavy atom. The van der Waals surface area contributed by atoms with Gasteiger partial charge in [0.05, 0.1) is 30.4 Å². The van der Waals surface area contributed by atoms with Crippen molar-refractivity contribution >= 4 is 56.2 Å². The number of benzene rings is 2. The Bertz CT molecular complexity index is 1180. The van der Waals surface area contributed by atoms with Gasteiger partial charge in [-0.3, -0.25) is 9.69 Å². The number of carbonyl (C=O) groups excluding carboxylic acids is 1. The van der Waals surface area contributed by atoms with Gasteiger partial charge in [-0.15, -0.1) is 6.42 Å². The van der Waals surface area contributed by atoms with Gasteiger partial charge in [0, 0.05) is 30.3 Å². The average molecular weight is 556 g/mol. The van der Waals surface area contributed by atoms with Crippen LogP contribution < -0.4 is 14.4 Å². The first-order valence-corrected chi connectivity index (χ1v) is 12.8. The summed E-state index contributed by atoms with van der Waals surface area (Å²) >= 11 is 4.90. The third kappa shape index (κ3) is 6.01. The van der Waals surface area contributed by atoms with Gasteiger partial charge in [0.15, 0.2) is 16.7 Å². The SMILES string of the molecule is C#CCOc1cc(Br)c(/C=C2\SC(=Nc3ccc(N4CCOCC4)cc3)N(C)C2=O)cc1OCC. The molecule has 0 aliphatic carbocycles. The number of anilines is 1. The number of hydrogen-bond donors (Lipinski definition) is 0. The van der Waals surface area contributed by atoms with E-state index in [2.05, 4.69) is 38.9 Å². The number of likely N-dealkylation sites (N-methyl/N-ethyl adjacent to an activating group) is 1. The molecule has 0 bridgehead atoms. The number of carbonyl (C=O) groups is 1. The number of terminal acetylenes is 1. The van der Waals surface area contributed by atoms with Crippen LogP contribution in [0.1, 0.15) is 12.5 Å². The van der Waals surface area contributed by atoms with Crippen molar-refractivity contribution in [3.8, 4) is 23.8 Å². The monoisotopic (exact) mass is 555 g/mol. The van der Waals surface area contributed by atoms with Crippen LogP contribution in [-0.4, -0.2) is 62.5 Å². The van der Waals surface area contributed by atoms with Gasteiger partial charge in [0.1, 0.15) is 6.61 Å². The summed E-state index contributed by atoms with van der Waals surface area (Å²) in [5.74, 6) is 3.45. The Kier molecular flexibility index (Phi) is 8.39. The standard InChI is InChI=1S/C26H26BrN3O4S/c1-4-12-34-23-17-21(27)18(15-22(23)33-5-2)16-24-25(31)29(3)26(35-24)28-19-6-8-20(9-7-19)30-10-13-32-14-11-30/h1,6-9,15-17H,5,10-14H2,2-3H3/b24-16-,28-26?. The maximum absolute atomic E-state index is 12.9. The van der Waals surface area contributed by atoms with E-state index in [0.717, 1.165) is 47.7 Å². The van der Waals surface area contributed by atoms with Crippen molar-refractivity contribution in [3.63, 3.8) is 0 Å². The molecular formula is C26H26BrN3O4S. The molecule has 2 aromatic carbocycles. The molecule has 0 saturated carbocycles. The van der Waals surface area contributed by atoms with Gasteiger partial charge in [-0.25, -0.2) is 4.99 Å². The third-order valence-electron chi connectivity index (χ3n) is 5.41. The number of morpholine rings is 1. The van der Waals surface area contributed by atoms with Crippen LogP contribution in [0.15, 0.2) is 50.8 Å². The molecule has 0 unspecified atom stereocenters. The first-order chi connectivity index (χ1) is 17.0. The van der Waals surface area contributed by atoms with Crippen molar-refractivity contribution in [2.75, 3.05) is 51.5 Å². The second-order valence-corrected chi connectivity index (χ2v) is 9.59. The van der Waals surface area contributed by atoms with Crippen LogP contribution in [0.5, 0.6) is 11.5 Å². The van der Waals surface area contributed by atoms with E-state index in [1.165, 1.54) is 11.8 Å². The normalized spacial score (nSPS) is 18.3. The zero-order valence-electron chi connectivity index (χ0n) is 19.6. The van der Waals surface area contributed by atoms with Crippen LogP contribution in [0.25, 0.3) is 6.08 Å². The van der Waals surface area contributed by atoms with E-state index in [4.69, 9.17) is 25.6 Å². The maximum atomic E-state index is 12.9. The Balaban J connectivity index is 1.55. The summed E-state index contributed by atoms with van der Waals surface area (Å²) in [5.41, 5.74) is 2.73. The third-order valence-corrected chi connectivity index (χ3v) is 7.16. The van der Waals surface area contributed by atoms with Crippen molar-refractivity contribution in [2.45, 2.75) is 6.92 Å². The number of ether oxygens (including phenoxy) is 3. The molecule has 4 rings (SSSR count). The smallest absolute Gasteiger partial charge is 0.266 e. The van der Waals surface area contributed by atoms with Crippen molar-refractivity contribution in [3.05, 3.63) is 51.3 Å². The summed E-state index contributed by atoms with van der Waals surface area (Å²) in [6.07, 6.45) is 7.14. The molecule has 0 radical (unpaired) electrons. The lowest BCUT2D eigenvalue weighted by Gasteiger charge is -2.28. The topological polar surface area (TPSA) is 63.6 Å². The van der Waals surface area contributed by atoms with Gasteiger partial charge in [-0.1, -0.05) is 21.9 Å². The number of amidine groups is 1. The van der Waals surface area contributed by atoms with E-state index in [-0.39, 0.29) is 12.5 Å². The number of halogens is 1. The van der Waals surface area contributed by atoms with Crippen molar-refractivity contribution < 1.29 is 19.0 Å².